The number of anilines is 1. The summed E-state index contributed by atoms with van der Waals surface area (Å²) in [4.78, 5) is 17.6. The molecule has 1 amide bonds. The van der Waals surface area contributed by atoms with Crippen LogP contribution in [-0.4, -0.2) is 37.4 Å². The third-order valence-corrected chi connectivity index (χ3v) is 8.14. The van der Waals surface area contributed by atoms with Crippen LogP contribution in [0.2, 0.25) is 0 Å². The first-order valence-corrected chi connectivity index (χ1v) is 11.9. The van der Waals surface area contributed by atoms with E-state index in [0.717, 1.165) is 11.1 Å². The van der Waals surface area contributed by atoms with Crippen LogP contribution in [0.15, 0.2) is 60.7 Å². The Morgan fingerprint density at radius 1 is 1.07 bits per heavy atom. The Balaban J connectivity index is 1.46. The summed E-state index contributed by atoms with van der Waals surface area (Å²) in [6.07, 6.45) is 0. The number of hydrogen-bond donors (Lipinski definition) is 3. The number of aryl methyl sites for hydroxylation is 1. The van der Waals surface area contributed by atoms with E-state index in [1.807, 2.05) is 60.7 Å². The lowest BCUT2D eigenvalue weighted by atomic mass is 10.2. The molecule has 3 N–H and O–H groups in total. The van der Waals surface area contributed by atoms with Crippen molar-refractivity contribution in [3.8, 4) is 0 Å². The van der Waals surface area contributed by atoms with Gasteiger partial charge in [0.25, 0.3) is 5.91 Å². The van der Waals surface area contributed by atoms with E-state index in [-0.39, 0.29) is 5.91 Å². The molecule has 2 heterocycles. The Hall–Kier alpha value is -2.43. The Labute approximate surface area is 181 Å². The summed E-state index contributed by atoms with van der Waals surface area (Å²) in [6, 6.07) is 19.4. The molecule has 0 saturated carbocycles. The number of carbonyl (C=O) groups excluding carboxylic acids is 1. The summed E-state index contributed by atoms with van der Waals surface area (Å²) >= 11 is 1.19. The van der Waals surface area contributed by atoms with Crippen LogP contribution in [-0.2, 0) is 13.1 Å². The Bertz CT molecular complexity index is 1010. The molecule has 0 bridgehead atoms. The van der Waals surface area contributed by atoms with Crippen molar-refractivity contribution in [1.29, 1.82) is 0 Å². The molecule has 3 aromatic rings. The first kappa shape index (κ1) is 20.8. The lowest BCUT2D eigenvalue weighted by Gasteiger charge is -2.41. The maximum Gasteiger partial charge on any atom is 0.263 e. The molecule has 30 heavy (non-hydrogen) atoms. The van der Waals surface area contributed by atoms with Gasteiger partial charge in [-0.2, -0.15) is 4.31 Å². The highest BCUT2D eigenvalue weighted by Gasteiger charge is 2.39. The molecule has 0 radical (unpaired) electrons. The lowest BCUT2D eigenvalue weighted by molar-refractivity contribution is 0.0954. The van der Waals surface area contributed by atoms with Crippen molar-refractivity contribution >= 4 is 33.3 Å². The maximum absolute atomic E-state index is 12.6. The van der Waals surface area contributed by atoms with Gasteiger partial charge in [0.2, 0.25) is 5.13 Å². The molecule has 1 aromatic heterocycles. The van der Waals surface area contributed by atoms with Crippen molar-refractivity contribution in [1.82, 2.24) is 14.6 Å². The van der Waals surface area contributed by atoms with Gasteiger partial charge in [0.1, 0.15) is 4.88 Å². The van der Waals surface area contributed by atoms with Gasteiger partial charge in [-0.3, -0.25) is 13.9 Å². The number of rotatable bonds is 6. The van der Waals surface area contributed by atoms with Gasteiger partial charge < -0.3 is 5.32 Å². The summed E-state index contributed by atoms with van der Waals surface area (Å²) in [6.45, 7) is 3.57. The average molecular weight is 445 g/mol. The fourth-order valence-corrected chi connectivity index (χ4v) is 6.13. The van der Waals surface area contributed by atoms with Crippen LogP contribution in [0.5, 0.6) is 0 Å². The van der Waals surface area contributed by atoms with Crippen molar-refractivity contribution in [2.24, 2.45) is 0 Å². The second-order valence-electron chi connectivity index (χ2n) is 7.02. The summed E-state index contributed by atoms with van der Waals surface area (Å²) < 4.78 is 24.9. The zero-order chi connectivity index (χ0) is 21.1. The standard InChI is InChI=1S/C21H24N4O3S2/c1-16-19(20(26)22-14-17-8-4-2-5-9-17)29-21(23-16)25-13-12-24(30(25,27)28)15-18-10-6-3-7-11-18/h2-11,27-28H,12-15H2,1H3,(H,22,26). The van der Waals surface area contributed by atoms with Gasteiger partial charge >= 0.3 is 0 Å². The second-order valence-corrected chi connectivity index (χ2v) is 9.93. The number of hydrogen-bond acceptors (Lipinski definition) is 7. The number of thiazole rings is 1. The Kier molecular flexibility index (Phi) is 6.07. The topological polar surface area (TPSA) is 88.9 Å². The van der Waals surface area contributed by atoms with Crippen molar-refractivity contribution in [3.63, 3.8) is 0 Å². The van der Waals surface area contributed by atoms with E-state index < -0.39 is 11.0 Å². The Morgan fingerprint density at radius 2 is 1.70 bits per heavy atom. The van der Waals surface area contributed by atoms with Gasteiger partial charge in [0, 0.05) is 19.6 Å². The summed E-state index contributed by atoms with van der Waals surface area (Å²) in [7, 11) is -3.18. The van der Waals surface area contributed by atoms with Gasteiger partial charge in [-0.25, -0.2) is 9.29 Å². The number of nitrogens with one attached hydrogen (secondary N) is 1. The maximum atomic E-state index is 12.6. The predicted molar refractivity (Wildman–Crippen MR) is 122 cm³/mol. The molecule has 1 aliphatic rings. The molecule has 1 fully saturated rings. The van der Waals surface area contributed by atoms with Crippen LogP contribution in [0.25, 0.3) is 0 Å². The lowest BCUT2D eigenvalue weighted by Crippen LogP contribution is -2.28. The minimum Gasteiger partial charge on any atom is -0.347 e. The van der Waals surface area contributed by atoms with Crippen LogP contribution in [0.4, 0.5) is 5.13 Å². The minimum absolute atomic E-state index is 0.211. The monoisotopic (exact) mass is 444 g/mol. The molecule has 9 heteroatoms. The molecular formula is C21H24N4O3S2. The van der Waals surface area contributed by atoms with E-state index in [1.165, 1.54) is 15.6 Å². The van der Waals surface area contributed by atoms with Crippen LogP contribution >= 0.6 is 22.3 Å². The summed E-state index contributed by atoms with van der Waals surface area (Å²) in [5.74, 6) is -0.211. The normalized spacial score (nSPS) is 17.1. The molecule has 0 atom stereocenters. The smallest absolute Gasteiger partial charge is 0.263 e. The highest BCUT2D eigenvalue weighted by molar-refractivity contribution is 8.23. The molecule has 4 rings (SSSR count). The van der Waals surface area contributed by atoms with Gasteiger partial charge in [-0.05, 0) is 29.0 Å². The van der Waals surface area contributed by atoms with Gasteiger partial charge in [0.15, 0.2) is 0 Å². The highest BCUT2D eigenvalue weighted by Crippen LogP contribution is 2.54. The number of aromatic nitrogens is 1. The predicted octanol–water partition coefficient (Wildman–Crippen LogP) is 4.28. The highest BCUT2D eigenvalue weighted by atomic mass is 32.3. The van der Waals surface area contributed by atoms with Gasteiger partial charge in [0.05, 0.1) is 12.2 Å². The van der Waals surface area contributed by atoms with E-state index in [0.29, 0.717) is 41.9 Å². The van der Waals surface area contributed by atoms with E-state index in [4.69, 9.17) is 0 Å². The number of benzene rings is 2. The molecule has 0 aliphatic carbocycles. The minimum atomic E-state index is -3.18. The molecule has 7 nitrogen and oxygen atoms in total. The summed E-state index contributed by atoms with van der Waals surface area (Å²) in [5, 5.41) is 3.36. The van der Waals surface area contributed by atoms with Crippen molar-refractivity contribution in [3.05, 3.63) is 82.4 Å². The molecule has 1 saturated heterocycles. The van der Waals surface area contributed by atoms with Crippen molar-refractivity contribution in [2.75, 3.05) is 17.4 Å². The SMILES string of the molecule is Cc1nc(N2CCN(Cc3ccccc3)S2(O)O)sc1C(=O)NCc1ccccc1. The fraction of sp³-hybridized carbons (Fsp3) is 0.238. The molecule has 158 valence electrons. The average Bonchev–Trinajstić information content (AvgIpc) is 3.27. The van der Waals surface area contributed by atoms with Crippen LogP contribution in [0.3, 0.4) is 0 Å². The van der Waals surface area contributed by atoms with Gasteiger partial charge in [-0.1, -0.05) is 72.0 Å². The second kappa shape index (κ2) is 8.75. The number of amides is 1. The first-order valence-electron chi connectivity index (χ1n) is 9.59. The van der Waals surface area contributed by atoms with Crippen molar-refractivity contribution < 1.29 is 13.9 Å². The molecule has 1 aliphatic heterocycles. The van der Waals surface area contributed by atoms with Gasteiger partial charge in [-0.15, -0.1) is 0 Å². The van der Waals surface area contributed by atoms with E-state index in [1.54, 1.807) is 11.2 Å². The largest absolute Gasteiger partial charge is 0.347 e. The van der Waals surface area contributed by atoms with Crippen molar-refractivity contribution in [2.45, 2.75) is 20.0 Å². The van der Waals surface area contributed by atoms with E-state index >= 15 is 0 Å². The quantitative estimate of drug-likeness (QED) is 0.526. The third kappa shape index (κ3) is 4.35. The van der Waals surface area contributed by atoms with Crippen LogP contribution < -0.4 is 9.62 Å². The fourth-order valence-electron chi connectivity index (χ4n) is 3.30. The van der Waals surface area contributed by atoms with E-state index in [9.17, 15) is 13.9 Å². The number of nitrogens with zero attached hydrogens (tertiary/aromatic N) is 3. The van der Waals surface area contributed by atoms with E-state index in [2.05, 4.69) is 10.3 Å². The zero-order valence-corrected chi connectivity index (χ0v) is 18.2. The molecule has 0 unspecified atom stereocenters. The Morgan fingerprint density at radius 3 is 2.37 bits per heavy atom. The third-order valence-electron chi connectivity index (χ3n) is 4.90. The molecule has 2 aromatic carbocycles. The molecular weight excluding hydrogens is 420 g/mol. The van der Waals surface area contributed by atoms with Crippen LogP contribution in [0, 0.1) is 6.92 Å². The molecule has 0 spiro atoms. The summed E-state index contributed by atoms with van der Waals surface area (Å²) in [5.41, 5.74) is 2.60. The zero-order valence-electron chi connectivity index (χ0n) is 16.6. The first-order chi connectivity index (χ1) is 14.4. The van der Waals surface area contributed by atoms with Crippen LogP contribution in [0.1, 0.15) is 26.5 Å². The number of carbonyl (C=O) groups is 1.